The Morgan fingerprint density at radius 3 is 2.28 bits per heavy atom. The maximum Gasteiger partial charge on any atom is 0.337 e. The van der Waals surface area contributed by atoms with Gasteiger partial charge in [0.15, 0.2) is 0 Å². The smallest absolute Gasteiger partial charge is 0.337 e. The zero-order valence-corrected chi connectivity index (χ0v) is 14.9. The maximum absolute atomic E-state index is 12.9. The summed E-state index contributed by atoms with van der Waals surface area (Å²) in [5, 5.41) is 0.927. The van der Waals surface area contributed by atoms with Gasteiger partial charge in [0, 0.05) is 22.6 Å². The van der Waals surface area contributed by atoms with Gasteiger partial charge in [0.25, 0.3) is 0 Å². The largest absolute Gasteiger partial charge is 0.465 e. The Labute approximate surface area is 147 Å². The molecule has 0 N–H and O–H groups in total. The van der Waals surface area contributed by atoms with E-state index in [0.29, 0.717) is 11.1 Å². The molecule has 0 saturated carbocycles. The van der Waals surface area contributed by atoms with Gasteiger partial charge in [0.2, 0.25) is 5.91 Å². The van der Waals surface area contributed by atoms with Crippen molar-refractivity contribution in [3.05, 3.63) is 60.3 Å². The number of nitrogens with zero attached hydrogens (tertiary/aromatic N) is 1. The van der Waals surface area contributed by atoms with E-state index in [1.165, 1.54) is 7.11 Å². The summed E-state index contributed by atoms with van der Waals surface area (Å²) in [4.78, 5) is 24.8. The lowest BCUT2D eigenvalue weighted by Gasteiger charge is -2.17. The average Bonchev–Trinajstić information content (AvgIpc) is 2.98. The Hall–Kier alpha value is -2.88. The van der Waals surface area contributed by atoms with Gasteiger partial charge in [0.05, 0.1) is 18.2 Å². The van der Waals surface area contributed by atoms with Crippen LogP contribution in [-0.2, 0) is 4.74 Å². The van der Waals surface area contributed by atoms with Crippen molar-refractivity contribution in [3.8, 4) is 11.1 Å². The van der Waals surface area contributed by atoms with E-state index in [1.54, 1.807) is 16.7 Å². The molecule has 2 aromatic carbocycles. The summed E-state index contributed by atoms with van der Waals surface area (Å²) in [7, 11) is 1.35. The minimum absolute atomic E-state index is 0.0262. The van der Waals surface area contributed by atoms with Gasteiger partial charge in [-0.1, -0.05) is 57.2 Å². The number of methoxy groups -OCH3 is 1. The monoisotopic (exact) mass is 335 g/mol. The van der Waals surface area contributed by atoms with E-state index in [0.717, 1.165) is 16.5 Å². The fourth-order valence-corrected chi connectivity index (χ4v) is 2.85. The van der Waals surface area contributed by atoms with Crippen molar-refractivity contribution in [2.24, 2.45) is 5.41 Å². The van der Waals surface area contributed by atoms with Crippen LogP contribution >= 0.6 is 0 Å². The van der Waals surface area contributed by atoms with Crippen molar-refractivity contribution in [1.82, 2.24) is 4.57 Å². The second-order valence-corrected chi connectivity index (χ2v) is 7.06. The van der Waals surface area contributed by atoms with Gasteiger partial charge in [-0.25, -0.2) is 4.79 Å². The minimum atomic E-state index is -0.540. The molecule has 3 rings (SSSR count). The normalized spacial score (nSPS) is 11.5. The molecule has 0 unspecified atom stereocenters. The highest BCUT2D eigenvalue weighted by atomic mass is 16.5. The van der Waals surface area contributed by atoms with Crippen LogP contribution in [0.15, 0.2) is 54.7 Å². The second kappa shape index (κ2) is 6.20. The maximum atomic E-state index is 12.9. The first-order valence-electron chi connectivity index (χ1n) is 8.16. The van der Waals surface area contributed by atoms with Crippen molar-refractivity contribution in [2.75, 3.05) is 7.11 Å². The highest BCUT2D eigenvalue weighted by molar-refractivity contribution is 6.05. The molecule has 0 bridgehead atoms. The molecule has 1 heterocycles. The number of hydrogen-bond donors (Lipinski definition) is 0. The van der Waals surface area contributed by atoms with E-state index in [2.05, 4.69) is 0 Å². The quantitative estimate of drug-likeness (QED) is 0.633. The third kappa shape index (κ3) is 3.07. The van der Waals surface area contributed by atoms with E-state index in [4.69, 9.17) is 4.74 Å². The first-order valence-corrected chi connectivity index (χ1v) is 8.16. The van der Waals surface area contributed by atoms with E-state index >= 15 is 0 Å². The van der Waals surface area contributed by atoms with Crippen LogP contribution in [0.1, 0.15) is 35.9 Å². The Bertz CT molecular complexity index is 946. The van der Waals surface area contributed by atoms with Gasteiger partial charge >= 0.3 is 5.97 Å². The lowest BCUT2D eigenvalue weighted by atomic mass is 9.95. The van der Waals surface area contributed by atoms with Crippen molar-refractivity contribution in [1.29, 1.82) is 0 Å². The number of esters is 1. The van der Waals surface area contributed by atoms with Crippen LogP contribution in [0.3, 0.4) is 0 Å². The zero-order valence-electron chi connectivity index (χ0n) is 14.9. The molecule has 0 aliphatic heterocycles. The van der Waals surface area contributed by atoms with Gasteiger partial charge in [0.1, 0.15) is 0 Å². The molecule has 128 valence electrons. The molecule has 1 aromatic heterocycles. The van der Waals surface area contributed by atoms with Crippen LogP contribution in [0, 0.1) is 5.41 Å². The molecule has 0 fully saturated rings. The molecule has 0 radical (unpaired) electrons. The molecule has 0 spiro atoms. The standard InChI is InChI=1S/C21H21NO3/c1-21(2,3)20(24)22-13-17(14-8-6-5-7-9-14)16-11-10-15(12-18(16)22)19(23)25-4/h5-13H,1-4H3. The summed E-state index contributed by atoms with van der Waals surface area (Å²) in [6.45, 7) is 5.65. The Balaban J connectivity index is 2.29. The van der Waals surface area contributed by atoms with E-state index < -0.39 is 11.4 Å². The number of carbonyl (C=O) groups is 2. The molecule has 4 nitrogen and oxygen atoms in total. The van der Waals surface area contributed by atoms with Crippen LogP contribution in [0.4, 0.5) is 0 Å². The van der Waals surface area contributed by atoms with Crippen LogP contribution in [0.5, 0.6) is 0 Å². The van der Waals surface area contributed by atoms with E-state index in [9.17, 15) is 9.59 Å². The number of benzene rings is 2. The zero-order chi connectivity index (χ0) is 18.2. The molecule has 0 amide bonds. The fourth-order valence-electron chi connectivity index (χ4n) is 2.85. The summed E-state index contributed by atoms with van der Waals surface area (Å²) in [6.07, 6.45) is 1.86. The summed E-state index contributed by atoms with van der Waals surface area (Å²) in [5.41, 5.74) is 2.59. The minimum Gasteiger partial charge on any atom is -0.465 e. The Kier molecular flexibility index (Phi) is 4.21. The summed E-state index contributed by atoms with van der Waals surface area (Å²) >= 11 is 0. The van der Waals surface area contributed by atoms with Crippen LogP contribution in [0.25, 0.3) is 22.0 Å². The average molecular weight is 335 g/mol. The second-order valence-electron chi connectivity index (χ2n) is 7.06. The SMILES string of the molecule is COC(=O)c1ccc2c(-c3ccccc3)cn(C(=O)C(C)(C)C)c2c1. The third-order valence-corrected chi connectivity index (χ3v) is 4.17. The third-order valence-electron chi connectivity index (χ3n) is 4.17. The van der Waals surface area contributed by atoms with E-state index in [1.807, 2.05) is 63.4 Å². The predicted octanol–water partition coefficient (Wildman–Crippen LogP) is 4.78. The van der Waals surface area contributed by atoms with Gasteiger partial charge in [-0.3, -0.25) is 9.36 Å². The molecule has 3 aromatic rings. The highest BCUT2D eigenvalue weighted by Crippen LogP contribution is 2.33. The molecule has 25 heavy (non-hydrogen) atoms. The summed E-state index contributed by atoms with van der Waals surface area (Å²) in [5.74, 6) is -0.444. The lowest BCUT2D eigenvalue weighted by molar-refractivity contribution is 0.0600. The van der Waals surface area contributed by atoms with Crippen molar-refractivity contribution in [2.45, 2.75) is 20.8 Å². The molecular formula is C21H21NO3. The van der Waals surface area contributed by atoms with Crippen LogP contribution in [-0.4, -0.2) is 23.6 Å². The summed E-state index contributed by atoms with van der Waals surface area (Å²) in [6, 6.07) is 15.2. The molecule has 0 atom stereocenters. The fraction of sp³-hybridized carbons (Fsp3) is 0.238. The number of ether oxygens (including phenoxy) is 1. The van der Waals surface area contributed by atoms with Crippen molar-refractivity contribution < 1.29 is 14.3 Å². The summed E-state index contributed by atoms with van der Waals surface area (Å²) < 4.78 is 6.45. The van der Waals surface area contributed by atoms with Crippen molar-refractivity contribution >= 4 is 22.8 Å². The van der Waals surface area contributed by atoms with Crippen molar-refractivity contribution in [3.63, 3.8) is 0 Å². The Morgan fingerprint density at radius 1 is 1.00 bits per heavy atom. The number of fused-ring (bicyclic) bond motifs is 1. The lowest BCUT2D eigenvalue weighted by Crippen LogP contribution is -2.26. The van der Waals surface area contributed by atoms with Gasteiger partial charge in [-0.2, -0.15) is 0 Å². The van der Waals surface area contributed by atoms with Crippen LogP contribution in [0.2, 0.25) is 0 Å². The van der Waals surface area contributed by atoms with Gasteiger partial charge in [-0.15, -0.1) is 0 Å². The predicted molar refractivity (Wildman–Crippen MR) is 98.8 cm³/mol. The van der Waals surface area contributed by atoms with E-state index in [-0.39, 0.29) is 5.91 Å². The molecule has 0 saturated heterocycles. The number of carbonyl (C=O) groups excluding carboxylic acids is 2. The van der Waals surface area contributed by atoms with Crippen LogP contribution < -0.4 is 0 Å². The molecular weight excluding hydrogens is 314 g/mol. The first-order chi connectivity index (χ1) is 11.8. The topological polar surface area (TPSA) is 48.3 Å². The van der Waals surface area contributed by atoms with Gasteiger partial charge < -0.3 is 4.74 Å². The Morgan fingerprint density at radius 2 is 1.68 bits per heavy atom. The number of hydrogen-bond acceptors (Lipinski definition) is 3. The van der Waals surface area contributed by atoms with Gasteiger partial charge in [-0.05, 0) is 17.7 Å². The number of rotatable bonds is 2. The first kappa shape index (κ1) is 17.0. The molecule has 0 aliphatic rings. The molecule has 0 aliphatic carbocycles. The molecule has 4 heteroatoms. The highest BCUT2D eigenvalue weighted by Gasteiger charge is 2.26. The number of aromatic nitrogens is 1.